The van der Waals surface area contributed by atoms with Crippen LogP contribution in [0.3, 0.4) is 0 Å². The third-order valence-corrected chi connectivity index (χ3v) is 4.48. The van der Waals surface area contributed by atoms with Gasteiger partial charge in [-0.25, -0.2) is 14.8 Å². The second kappa shape index (κ2) is 8.07. The molecule has 1 aromatic heterocycles. The first-order chi connectivity index (χ1) is 12.2. The van der Waals surface area contributed by atoms with Crippen LogP contribution in [0.4, 0.5) is 10.5 Å². The molecule has 2 amide bonds. The molecule has 1 heterocycles. The van der Waals surface area contributed by atoms with Crippen molar-refractivity contribution in [3.8, 4) is 0 Å². The van der Waals surface area contributed by atoms with Crippen molar-refractivity contribution in [3.05, 3.63) is 54.1 Å². The third kappa shape index (κ3) is 4.54. The zero-order chi connectivity index (χ0) is 17.6. The molecule has 2 N–H and O–H groups in total. The molecule has 1 aromatic carbocycles. The first kappa shape index (κ1) is 17.4. The minimum atomic E-state index is -0.234. The van der Waals surface area contributed by atoms with Crippen molar-refractivity contribution in [1.82, 2.24) is 14.9 Å². The zero-order valence-corrected chi connectivity index (χ0v) is 14.4. The summed E-state index contributed by atoms with van der Waals surface area (Å²) < 4.78 is 0. The van der Waals surface area contributed by atoms with E-state index in [-0.39, 0.29) is 18.7 Å². The molecule has 3 rings (SSSR count). The summed E-state index contributed by atoms with van der Waals surface area (Å²) in [6.07, 6.45) is 6.10. The maximum atomic E-state index is 12.9. The van der Waals surface area contributed by atoms with Crippen molar-refractivity contribution >= 4 is 11.7 Å². The van der Waals surface area contributed by atoms with Crippen LogP contribution in [0.15, 0.2) is 42.7 Å². The first-order valence-corrected chi connectivity index (χ1v) is 8.74. The van der Waals surface area contributed by atoms with Gasteiger partial charge < -0.3 is 15.3 Å². The van der Waals surface area contributed by atoms with Crippen LogP contribution in [0.5, 0.6) is 0 Å². The van der Waals surface area contributed by atoms with Gasteiger partial charge in [0, 0.05) is 13.0 Å². The second-order valence-electron chi connectivity index (χ2n) is 6.37. The van der Waals surface area contributed by atoms with E-state index in [9.17, 15) is 9.90 Å². The van der Waals surface area contributed by atoms with Gasteiger partial charge >= 0.3 is 6.03 Å². The van der Waals surface area contributed by atoms with Gasteiger partial charge in [-0.15, -0.1) is 0 Å². The predicted molar refractivity (Wildman–Crippen MR) is 96.0 cm³/mol. The van der Waals surface area contributed by atoms with E-state index in [4.69, 9.17) is 0 Å². The molecule has 1 saturated carbocycles. The molecule has 1 fully saturated rings. The lowest BCUT2D eigenvalue weighted by Crippen LogP contribution is -2.45. The van der Waals surface area contributed by atoms with Gasteiger partial charge in [0.2, 0.25) is 0 Å². The summed E-state index contributed by atoms with van der Waals surface area (Å²) in [5, 5.41) is 12.7. The van der Waals surface area contributed by atoms with Crippen molar-refractivity contribution in [2.45, 2.75) is 38.8 Å². The van der Waals surface area contributed by atoms with Crippen molar-refractivity contribution in [2.24, 2.45) is 5.92 Å². The van der Waals surface area contributed by atoms with Crippen LogP contribution in [-0.4, -0.2) is 38.7 Å². The number of anilines is 1. The van der Waals surface area contributed by atoms with Gasteiger partial charge in [0.1, 0.15) is 5.82 Å². The van der Waals surface area contributed by atoms with E-state index < -0.39 is 0 Å². The number of nitrogens with one attached hydrogen (secondary N) is 1. The van der Waals surface area contributed by atoms with E-state index in [2.05, 4.69) is 15.3 Å². The van der Waals surface area contributed by atoms with Crippen molar-refractivity contribution < 1.29 is 9.90 Å². The molecule has 1 atom stereocenters. The molecule has 1 aliphatic rings. The highest BCUT2D eigenvalue weighted by atomic mass is 16.3. The number of benzene rings is 1. The Morgan fingerprint density at radius 3 is 2.52 bits per heavy atom. The quantitative estimate of drug-likeness (QED) is 0.812. The molecule has 0 aliphatic heterocycles. The minimum absolute atomic E-state index is 0.0316. The van der Waals surface area contributed by atoms with Crippen molar-refractivity contribution in [3.63, 3.8) is 0 Å². The topological polar surface area (TPSA) is 78.4 Å². The number of carbonyl (C=O) groups excluding carboxylic acids is 1. The van der Waals surface area contributed by atoms with Gasteiger partial charge in [0.05, 0.1) is 30.7 Å². The summed E-state index contributed by atoms with van der Waals surface area (Å²) in [5.41, 5.74) is 1.60. The Morgan fingerprint density at radius 1 is 1.28 bits per heavy atom. The van der Waals surface area contributed by atoms with Gasteiger partial charge in [-0.05, 0) is 24.3 Å². The lowest BCUT2D eigenvalue weighted by molar-refractivity contribution is 0.124. The first-order valence-electron chi connectivity index (χ1n) is 8.74. The molecule has 6 heteroatoms. The Bertz CT molecular complexity index is 686. The maximum Gasteiger partial charge on any atom is 0.322 e. The fraction of sp³-hybridized carbons (Fsp3) is 0.421. The van der Waals surface area contributed by atoms with Crippen molar-refractivity contribution in [2.75, 3.05) is 11.9 Å². The van der Waals surface area contributed by atoms with Crippen LogP contribution in [0.25, 0.3) is 0 Å². The number of urea groups is 1. The second-order valence-corrected chi connectivity index (χ2v) is 6.37. The zero-order valence-electron chi connectivity index (χ0n) is 14.4. The van der Waals surface area contributed by atoms with Crippen LogP contribution in [0.2, 0.25) is 0 Å². The van der Waals surface area contributed by atoms with Crippen LogP contribution < -0.4 is 5.32 Å². The summed E-state index contributed by atoms with van der Waals surface area (Å²) in [6.45, 7) is 2.41. The predicted octanol–water partition coefficient (Wildman–Crippen LogP) is 2.84. The molecular formula is C19H24N4O2. The number of carbonyl (C=O) groups is 1. The molecule has 0 bridgehead atoms. The summed E-state index contributed by atoms with van der Waals surface area (Å²) in [5.74, 6) is 1.11. The SMILES string of the molecule is CCc1ncc(NC(=O)N(Cc2ccccc2)C(CO)C2CC2)cn1. The average Bonchev–Trinajstić information content (AvgIpc) is 3.48. The molecule has 132 valence electrons. The Labute approximate surface area is 147 Å². The number of hydrogen-bond acceptors (Lipinski definition) is 4. The van der Waals surface area contributed by atoms with E-state index in [0.717, 1.165) is 30.7 Å². The number of aromatic nitrogens is 2. The molecule has 6 nitrogen and oxygen atoms in total. The highest BCUT2D eigenvalue weighted by Crippen LogP contribution is 2.36. The number of amides is 2. The number of aliphatic hydroxyl groups excluding tert-OH is 1. The van der Waals surface area contributed by atoms with Crippen LogP contribution in [-0.2, 0) is 13.0 Å². The van der Waals surface area contributed by atoms with Crippen molar-refractivity contribution in [1.29, 1.82) is 0 Å². The number of hydrogen-bond donors (Lipinski definition) is 2. The number of aliphatic hydroxyl groups is 1. The minimum Gasteiger partial charge on any atom is -0.394 e. The molecule has 1 unspecified atom stereocenters. The van der Waals surface area contributed by atoms with Crippen LogP contribution >= 0.6 is 0 Å². The fourth-order valence-corrected chi connectivity index (χ4v) is 2.90. The van der Waals surface area contributed by atoms with Gasteiger partial charge in [0.15, 0.2) is 0 Å². The van der Waals surface area contributed by atoms with Crippen LogP contribution in [0.1, 0.15) is 31.2 Å². The summed E-state index contributed by atoms with van der Waals surface area (Å²) in [4.78, 5) is 23.0. The number of aryl methyl sites for hydroxylation is 1. The molecule has 25 heavy (non-hydrogen) atoms. The maximum absolute atomic E-state index is 12.9. The third-order valence-electron chi connectivity index (χ3n) is 4.48. The average molecular weight is 340 g/mol. The standard InChI is InChI=1S/C19H24N4O2/c1-2-18-20-10-16(11-21-18)22-19(25)23(17(13-24)15-8-9-15)12-14-6-4-3-5-7-14/h3-7,10-11,15,17,24H,2,8-9,12-13H2,1H3,(H,22,25). The molecule has 2 aromatic rings. The monoisotopic (exact) mass is 340 g/mol. The molecular weight excluding hydrogens is 316 g/mol. The summed E-state index contributed by atoms with van der Waals surface area (Å²) in [7, 11) is 0. The van der Waals surface area contributed by atoms with Gasteiger partial charge in [-0.2, -0.15) is 0 Å². The molecule has 0 spiro atoms. The van der Waals surface area contributed by atoms with E-state index in [1.165, 1.54) is 0 Å². The number of nitrogens with zero attached hydrogens (tertiary/aromatic N) is 3. The molecule has 0 saturated heterocycles. The summed E-state index contributed by atoms with van der Waals surface area (Å²) in [6, 6.07) is 9.42. The van der Waals surface area contributed by atoms with Gasteiger partial charge in [-0.3, -0.25) is 0 Å². The lowest BCUT2D eigenvalue weighted by Gasteiger charge is -2.31. The van der Waals surface area contributed by atoms with E-state index in [1.807, 2.05) is 37.3 Å². The Morgan fingerprint density at radius 2 is 1.96 bits per heavy atom. The fourth-order valence-electron chi connectivity index (χ4n) is 2.90. The highest BCUT2D eigenvalue weighted by molar-refractivity contribution is 5.89. The van der Waals surface area contributed by atoms with E-state index in [1.54, 1.807) is 17.3 Å². The Balaban J connectivity index is 1.75. The lowest BCUT2D eigenvalue weighted by atomic mass is 10.1. The Kier molecular flexibility index (Phi) is 5.60. The number of rotatable bonds is 7. The highest BCUT2D eigenvalue weighted by Gasteiger charge is 2.37. The van der Waals surface area contributed by atoms with Crippen LogP contribution in [0, 0.1) is 5.92 Å². The normalized spacial score (nSPS) is 14.8. The van der Waals surface area contributed by atoms with Gasteiger partial charge in [-0.1, -0.05) is 37.3 Å². The van der Waals surface area contributed by atoms with Gasteiger partial charge in [0.25, 0.3) is 0 Å². The Hall–Kier alpha value is -2.47. The molecule has 0 radical (unpaired) electrons. The molecule has 1 aliphatic carbocycles. The summed E-state index contributed by atoms with van der Waals surface area (Å²) >= 11 is 0. The smallest absolute Gasteiger partial charge is 0.322 e. The largest absolute Gasteiger partial charge is 0.394 e. The van der Waals surface area contributed by atoms with E-state index >= 15 is 0 Å². The van der Waals surface area contributed by atoms with E-state index in [0.29, 0.717) is 18.2 Å².